The molecule has 17 heavy (non-hydrogen) atoms. The molecule has 0 spiro atoms. The summed E-state index contributed by atoms with van der Waals surface area (Å²) >= 11 is 0. The van der Waals surface area contributed by atoms with E-state index in [9.17, 15) is 9.59 Å². The fourth-order valence-electron chi connectivity index (χ4n) is 2.19. The van der Waals surface area contributed by atoms with Gasteiger partial charge in [-0.25, -0.2) is 0 Å². The summed E-state index contributed by atoms with van der Waals surface area (Å²) in [6.07, 6.45) is 9.63. The topological polar surface area (TPSA) is 46.5 Å². The Kier molecular flexibility index (Phi) is 3.00. The summed E-state index contributed by atoms with van der Waals surface area (Å²) in [5.74, 6) is -0.932. The molecule has 1 fully saturated rings. The van der Waals surface area contributed by atoms with Crippen LogP contribution in [-0.4, -0.2) is 17.8 Å². The predicted molar refractivity (Wildman–Crippen MR) is 66.7 cm³/mol. The number of ketones is 2. The van der Waals surface area contributed by atoms with Crippen LogP contribution >= 0.6 is 0 Å². The first-order valence-corrected chi connectivity index (χ1v) is 5.48. The van der Waals surface area contributed by atoms with E-state index in [4.69, 9.17) is 0 Å². The molecule has 86 valence electrons. The number of fused-ring (bicyclic) bond motifs is 1. The molecule has 0 N–H and O–H groups in total. The number of rotatable bonds is 1. The molecule has 0 aromatic rings. The van der Waals surface area contributed by atoms with E-state index >= 15 is 0 Å². The molecule has 2 rings (SSSR count). The average molecular weight is 227 g/mol. The molecule has 3 heteroatoms. The van der Waals surface area contributed by atoms with Gasteiger partial charge in [-0.05, 0) is 6.92 Å². The quantitative estimate of drug-likeness (QED) is 0.643. The minimum absolute atomic E-state index is 0.0370. The van der Waals surface area contributed by atoms with Crippen molar-refractivity contribution in [2.45, 2.75) is 6.92 Å². The first kappa shape index (κ1) is 11.5. The maximum atomic E-state index is 12.2. The Balaban J connectivity index is 2.53. The average Bonchev–Trinajstić information content (AvgIpc) is 2.36. The van der Waals surface area contributed by atoms with Crippen molar-refractivity contribution >= 4 is 17.8 Å². The van der Waals surface area contributed by atoms with Gasteiger partial charge >= 0.3 is 0 Å². The van der Waals surface area contributed by atoms with Crippen LogP contribution in [0.1, 0.15) is 6.92 Å². The first-order chi connectivity index (χ1) is 8.20. The molecule has 0 aromatic carbocycles. The summed E-state index contributed by atoms with van der Waals surface area (Å²) in [4.78, 5) is 28.4. The Morgan fingerprint density at radius 1 is 1.24 bits per heavy atom. The van der Waals surface area contributed by atoms with Crippen molar-refractivity contribution in [2.24, 2.45) is 16.8 Å². The second-order valence-electron chi connectivity index (χ2n) is 3.94. The van der Waals surface area contributed by atoms with Crippen molar-refractivity contribution in [3.63, 3.8) is 0 Å². The molecule has 0 amide bonds. The highest BCUT2D eigenvalue weighted by molar-refractivity contribution is 6.24. The first-order valence-electron chi connectivity index (χ1n) is 5.48. The van der Waals surface area contributed by atoms with E-state index in [0.717, 1.165) is 0 Å². The monoisotopic (exact) mass is 227 g/mol. The van der Waals surface area contributed by atoms with E-state index in [-0.39, 0.29) is 11.6 Å². The molecule has 3 nitrogen and oxygen atoms in total. The van der Waals surface area contributed by atoms with Gasteiger partial charge in [0.05, 0.1) is 11.8 Å². The molecule has 0 aromatic heterocycles. The number of carbonyl (C=O) groups excluding carboxylic acids is 2. The highest BCUT2D eigenvalue weighted by atomic mass is 16.1. The normalized spacial score (nSPS) is 32.1. The Morgan fingerprint density at radius 2 is 1.94 bits per heavy atom. The minimum atomic E-state index is -0.444. The van der Waals surface area contributed by atoms with Crippen LogP contribution in [0.2, 0.25) is 0 Å². The molecule has 2 aliphatic rings. The molecular formula is C14H13NO2. The van der Waals surface area contributed by atoms with Gasteiger partial charge in [-0.1, -0.05) is 30.9 Å². The van der Waals surface area contributed by atoms with Gasteiger partial charge < -0.3 is 0 Å². The molecule has 2 unspecified atom stereocenters. The number of allylic oxidation sites excluding steroid dienone is 6. The van der Waals surface area contributed by atoms with Crippen LogP contribution in [0, 0.1) is 11.8 Å². The molecule has 0 radical (unpaired) electrons. The molecule has 0 saturated heterocycles. The SMILES string of the molecule is C=C/C=C1/C(=O)C2C=CN=CC2C(=O)/C1=C/C. The van der Waals surface area contributed by atoms with Crippen LogP contribution in [0.4, 0.5) is 0 Å². The van der Waals surface area contributed by atoms with Gasteiger partial charge in [-0.3, -0.25) is 14.6 Å². The van der Waals surface area contributed by atoms with Crippen LogP contribution in [0.25, 0.3) is 0 Å². The van der Waals surface area contributed by atoms with Crippen molar-refractivity contribution in [2.75, 3.05) is 0 Å². The minimum Gasteiger partial charge on any atom is -0.293 e. The van der Waals surface area contributed by atoms with Crippen molar-refractivity contribution in [1.29, 1.82) is 0 Å². The van der Waals surface area contributed by atoms with Crippen molar-refractivity contribution in [3.8, 4) is 0 Å². The number of hydrogen-bond donors (Lipinski definition) is 0. The Hall–Kier alpha value is -2.03. The standard InChI is InChI=1S/C14H13NO2/c1-3-5-10-9(4-2)13(16)12-8-15-7-6-11(12)14(10)17/h3-8,11-12H,1H2,2H3/b9-4+,10-5+. The summed E-state index contributed by atoms with van der Waals surface area (Å²) < 4.78 is 0. The fourth-order valence-corrected chi connectivity index (χ4v) is 2.19. The van der Waals surface area contributed by atoms with Gasteiger partial charge in [-0.15, -0.1) is 0 Å². The van der Waals surface area contributed by atoms with E-state index in [1.807, 2.05) is 0 Å². The lowest BCUT2D eigenvalue weighted by Gasteiger charge is -2.29. The van der Waals surface area contributed by atoms with E-state index in [2.05, 4.69) is 11.6 Å². The maximum Gasteiger partial charge on any atom is 0.172 e. The molecule has 2 atom stereocenters. The van der Waals surface area contributed by atoms with Gasteiger partial charge in [0.2, 0.25) is 0 Å². The Morgan fingerprint density at radius 3 is 2.59 bits per heavy atom. The van der Waals surface area contributed by atoms with E-state index in [0.29, 0.717) is 11.1 Å². The maximum absolute atomic E-state index is 12.2. The lowest BCUT2D eigenvalue weighted by Crippen LogP contribution is -2.39. The molecule has 0 bridgehead atoms. The van der Waals surface area contributed by atoms with Crippen LogP contribution in [0.15, 0.2) is 53.2 Å². The summed E-state index contributed by atoms with van der Waals surface area (Å²) in [6.45, 7) is 5.33. The van der Waals surface area contributed by atoms with Gasteiger partial charge in [0.1, 0.15) is 0 Å². The van der Waals surface area contributed by atoms with Crippen molar-refractivity contribution in [3.05, 3.63) is 48.2 Å². The van der Waals surface area contributed by atoms with Crippen LogP contribution in [-0.2, 0) is 9.59 Å². The smallest absolute Gasteiger partial charge is 0.172 e. The third kappa shape index (κ3) is 1.73. The molecule has 1 aliphatic heterocycles. The van der Waals surface area contributed by atoms with Gasteiger partial charge in [0, 0.05) is 23.6 Å². The Bertz CT molecular complexity index is 506. The molecule has 1 saturated carbocycles. The summed E-state index contributed by atoms with van der Waals surface area (Å²) in [6, 6.07) is 0. The van der Waals surface area contributed by atoms with E-state index < -0.39 is 11.8 Å². The van der Waals surface area contributed by atoms with Gasteiger partial charge in [0.15, 0.2) is 11.6 Å². The third-order valence-corrected chi connectivity index (χ3v) is 3.01. The lowest BCUT2D eigenvalue weighted by atomic mass is 9.72. The fraction of sp³-hybridized carbons (Fsp3) is 0.214. The number of carbonyl (C=O) groups is 2. The van der Waals surface area contributed by atoms with E-state index in [1.165, 1.54) is 6.08 Å². The van der Waals surface area contributed by atoms with Crippen LogP contribution in [0.3, 0.4) is 0 Å². The summed E-state index contributed by atoms with van der Waals surface area (Å²) in [5.41, 5.74) is 0.923. The third-order valence-electron chi connectivity index (χ3n) is 3.01. The molecule has 1 heterocycles. The number of Topliss-reactive ketones (excluding diaryl/α,β-unsaturated/α-hetero) is 2. The number of aliphatic imine (C=N–C) groups is 1. The van der Waals surface area contributed by atoms with Gasteiger partial charge in [0.25, 0.3) is 0 Å². The second kappa shape index (κ2) is 4.45. The van der Waals surface area contributed by atoms with Crippen molar-refractivity contribution in [1.82, 2.24) is 0 Å². The largest absolute Gasteiger partial charge is 0.293 e. The van der Waals surface area contributed by atoms with Gasteiger partial charge in [-0.2, -0.15) is 0 Å². The molecule has 1 aliphatic carbocycles. The van der Waals surface area contributed by atoms with Crippen molar-refractivity contribution < 1.29 is 9.59 Å². The second-order valence-corrected chi connectivity index (χ2v) is 3.94. The van der Waals surface area contributed by atoms with E-state index in [1.54, 1.807) is 37.6 Å². The zero-order valence-electron chi connectivity index (χ0n) is 9.59. The summed E-state index contributed by atoms with van der Waals surface area (Å²) in [5, 5.41) is 0. The summed E-state index contributed by atoms with van der Waals surface area (Å²) in [7, 11) is 0. The number of nitrogens with zero attached hydrogens (tertiary/aromatic N) is 1. The molecular weight excluding hydrogens is 214 g/mol. The lowest BCUT2D eigenvalue weighted by molar-refractivity contribution is -0.127. The Labute approximate surface area is 99.9 Å². The zero-order valence-corrected chi connectivity index (χ0v) is 9.59. The highest BCUT2D eigenvalue weighted by Crippen LogP contribution is 2.33. The predicted octanol–water partition coefficient (Wildman–Crippen LogP) is 2.03. The number of hydrogen-bond acceptors (Lipinski definition) is 3. The van der Waals surface area contributed by atoms with Crippen LogP contribution < -0.4 is 0 Å². The highest BCUT2D eigenvalue weighted by Gasteiger charge is 2.41. The van der Waals surface area contributed by atoms with Crippen LogP contribution in [0.5, 0.6) is 0 Å². The zero-order chi connectivity index (χ0) is 12.4.